The quantitative estimate of drug-likeness (QED) is 0.0644. The Hall–Kier alpha value is 5.22. The van der Waals surface area contributed by atoms with Gasteiger partial charge < -0.3 is 0 Å². The van der Waals surface area contributed by atoms with E-state index >= 15 is 0 Å². The monoisotopic (exact) mass is 1580 g/mol. The molecule has 410 valence electrons. The zero-order chi connectivity index (χ0) is 54.4. The molecule has 0 saturated carbocycles. The molecule has 2 fully saturated rings. The van der Waals surface area contributed by atoms with Gasteiger partial charge in [-0.1, -0.05) is 0 Å². The average Bonchev–Trinajstić information content (AvgIpc) is 3.16. The Bertz CT molecular complexity index is 1970. The second-order valence-electron chi connectivity index (χ2n) is 28.4. The van der Waals surface area contributed by atoms with Crippen molar-refractivity contribution in [2.45, 2.75) is 294 Å². The predicted octanol–water partition coefficient (Wildman–Crippen LogP) is 16.2. The van der Waals surface area contributed by atoms with Crippen LogP contribution in [-0.4, -0.2) is 194 Å². The first-order valence-corrected chi connectivity index (χ1v) is 68.1. The molecule has 3 heterocycles. The molecule has 0 aromatic heterocycles. The summed E-state index contributed by atoms with van der Waals surface area (Å²) in [6.45, 7) is 72.3. The number of piperidine rings is 1. The van der Waals surface area contributed by atoms with Crippen molar-refractivity contribution in [1.29, 1.82) is 0 Å². The molecule has 6 nitrogen and oxygen atoms in total. The van der Waals surface area contributed by atoms with Crippen LogP contribution in [0.5, 0.6) is 0 Å². The zero-order valence-corrected chi connectivity index (χ0v) is 73.0. The summed E-state index contributed by atoms with van der Waals surface area (Å²) >= 11 is -6.32. The van der Waals surface area contributed by atoms with E-state index in [-0.39, 0.29) is 0 Å². The van der Waals surface area contributed by atoms with Crippen molar-refractivity contribution >= 4 is 161 Å². The van der Waals surface area contributed by atoms with Crippen LogP contribution in [-0.2, 0) is 0 Å². The van der Waals surface area contributed by atoms with Gasteiger partial charge in [0, 0.05) is 0 Å². The second-order valence-corrected chi connectivity index (χ2v) is 107. The van der Waals surface area contributed by atoms with Gasteiger partial charge in [0.25, 0.3) is 0 Å². The number of halogens is 2. The van der Waals surface area contributed by atoms with Crippen LogP contribution in [0, 0.1) is 0 Å². The third-order valence-electron chi connectivity index (χ3n) is 16.1. The molecule has 0 aromatic rings. The van der Waals surface area contributed by atoms with Crippen LogP contribution in [0.2, 0.25) is 78.6 Å². The molecule has 3 rings (SSSR count). The summed E-state index contributed by atoms with van der Waals surface area (Å²) in [5.41, 5.74) is 4.64. The van der Waals surface area contributed by atoms with E-state index < -0.39 is 143 Å². The minimum absolute atomic E-state index is 0.329. The Morgan fingerprint density at radius 3 is 1.14 bits per heavy atom. The standard InChI is InChI=1S/C25H56N3P2Si2.C25H54N3P2Si2.2ClH.4Sn.4H/c2*1-20(2)29(21(3)4,27-31(9,10)11)18-24-16-15-17-25(26-24)19-30(22(5)6,23(7)8)28-32(12,13)14;;;;;;;;;;/h18,20-26H,15-17H2,1-14H3;15-16,18,20-26H,17H2,1-14H3;2*1H;;;;;;;;/q;;;;;;2*+1;;;;/p-2. The summed E-state index contributed by atoms with van der Waals surface area (Å²) in [6.07, 6.45) is 10.5. The van der Waals surface area contributed by atoms with Gasteiger partial charge in [-0.25, -0.2) is 0 Å². The Labute approximate surface area is 489 Å². The third-order valence-corrected chi connectivity index (χ3v) is 110. The minimum atomic E-state index is -1.89. The number of hydrogen-bond acceptors (Lipinski definition) is 6. The van der Waals surface area contributed by atoms with Crippen LogP contribution in [0.25, 0.3) is 0 Å². The van der Waals surface area contributed by atoms with Crippen molar-refractivity contribution in [2.24, 2.45) is 17.6 Å². The number of nitrogens with zero attached hydrogens (tertiary/aromatic N) is 4. The van der Waals surface area contributed by atoms with Crippen LogP contribution in [0.4, 0.5) is 0 Å². The van der Waals surface area contributed by atoms with Crippen molar-refractivity contribution in [3.05, 3.63) is 12.2 Å². The Kier molecular flexibility index (Phi) is 26.0. The zero-order valence-electron chi connectivity index (χ0n) is 50.7. The maximum atomic E-state index is 7.71. The average molecular weight is 1580 g/mol. The van der Waals surface area contributed by atoms with Crippen molar-refractivity contribution in [2.75, 3.05) is 0 Å². The first-order valence-electron chi connectivity index (χ1n) is 27.9. The van der Waals surface area contributed by atoms with Crippen LogP contribution < -0.4 is 10.6 Å². The Balaban J connectivity index is 2.65. The fourth-order valence-electron chi connectivity index (χ4n) is 14.6. The summed E-state index contributed by atoms with van der Waals surface area (Å²) in [5.74, 6) is 0. The molecule has 0 aliphatic carbocycles. The molecular formula is C50H114Cl2N6P4Si4Sn4. The van der Waals surface area contributed by atoms with Gasteiger partial charge in [-0.2, -0.15) is 0 Å². The Morgan fingerprint density at radius 2 is 0.829 bits per heavy atom. The normalized spacial score (nSPS) is 27.1. The molecule has 6 atom stereocenters. The van der Waals surface area contributed by atoms with Gasteiger partial charge in [0.1, 0.15) is 0 Å². The molecule has 0 aromatic carbocycles. The fourth-order valence-corrected chi connectivity index (χ4v) is 164. The first-order chi connectivity index (χ1) is 31.6. The first kappa shape index (κ1) is 69.5. The maximum absolute atomic E-state index is 7.71. The van der Waals surface area contributed by atoms with Crippen LogP contribution >= 0.6 is 46.1 Å². The number of rotatable bonds is 22. The summed E-state index contributed by atoms with van der Waals surface area (Å²) in [7, 11) is 0.854. The van der Waals surface area contributed by atoms with Gasteiger partial charge in [0.15, 0.2) is 0 Å². The predicted molar refractivity (Wildman–Crippen MR) is 354 cm³/mol. The van der Waals surface area contributed by atoms with Gasteiger partial charge in [-0.3, -0.25) is 0 Å². The molecule has 70 heavy (non-hydrogen) atoms. The summed E-state index contributed by atoms with van der Waals surface area (Å²) in [4.78, 5) is 0. The van der Waals surface area contributed by atoms with E-state index in [0.717, 1.165) is 0 Å². The number of nitrogens with one attached hydrogen (secondary N) is 2. The molecule has 0 spiro atoms. The SMILES string of the molecule is CC(C)P(=N[Si](C)(C)C)(C(C)C)[CH]([SnH][Cl])C1C=CCC([C]2(P(=N[Si](C)(C)C)(C(C)C)C(C)C)[SnH][C](C3CCCC([CH]([SnH][Cl])P(=N[Si](C)(C)C)(C(C)C)C(C)C)N3)(P(=N[Si](C)(C)C)(C(C)C)C(C)C)[SnH]2)N1. The van der Waals surface area contributed by atoms with Gasteiger partial charge in [-0.05, 0) is 0 Å². The molecule has 2 N–H and O–H groups in total. The van der Waals surface area contributed by atoms with Crippen molar-refractivity contribution in [3.8, 4) is 0 Å². The molecular weight excluding hydrogens is 1470 g/mol. The second kappa shape index (κ2) is 26.2. The third kappa shape index (κ3) is 14.3. The molecule has 3 aliphatic rings. The number of hydrogen-bond donors (Lipinski definition) is 2. The van der Waals surface area contributed by atoms with E-state index in [4.69, 9.17) is 46.1 Å². The van der Waals surface area contributed by atoms with Gasteiger partial charge in [-0.15, -0.1) is 0 Å². The van der Waals surface area contributed by atoms with E-state index in [2.05, 4.69) is 201 Å². The Morgan fingerprint density at radius 1 is 0.486 bits per heavy atom. The summed E-state index contributed by atoms with van der Waals surface area (Å²) in [6, 6.07) is 1.91. The molecule has 2 saturated heterocycles. The van der Waals surface area contributed by atoms with Crippen LogP contribution in [0.1, 0.15) is 136 Å². The molecule has 0 bridgehead atoms. The topological polar surface area (TPSA) is 73.5 Å². The van der Waals surface area contributed by atoms with Gasteiger partial charge in [0.05, 0.1) is 0 Å². The molecule has 4 radical (unpaired) electrons. The van der Waals surface area contributed by atoms with E-state index in [1.165, 1.54) is 25.7 Å². The molecule has 0 amide bonds. The van der Waals surface area contributed by atoms with Crippen molar-refractivity contribution in [3.63, 3.8) is 0 Å². The van der Waals surface area contributed by atoms with E-state index in [1.54, 1.807) is 0 Å². The van der Waals surface area contributed by atoms with E-state index in [9.17, 15) is 0 Å². The van der Waals surface area contributed by atoms with Gasteiger partial charge in [0.2, 0.25) is 0 Å². The van der Waals surface area contributed by atoms with E-state index in [1.807, 2.05) is 0 Å². The molecule has 20 heteroatoms. The fraction of sp³-hybridized carbons (Fsp3) is 0.960. The summed E-state index contributed by atoms with van der Waals surface area (Å²) in [5, 5.41) is 9.76. The van der Waals surface area contributed by atoms with E-state index in [0.29, 0.717) is 79.2 Å². The van der Waals surface area contributed by atoms with Crippen LogP contribution in [0.3, 0.4) is 0 Å². The molecule has 6 unspecified atom stereocenters. The van der Waals surface area contributed by atoms with Crippen molar-refractivity contribution in [1.82, 2.24) is 10.6 Å². The molecule has 3 aliphatic heterocycles. The summed E-state index contributed by atoms with van der Waals surface area (Å²) < 4.78 is 27.7. The van der Waals surface area contributed by atoms with Crippen molar-refractivity contribution < 1.29 is 0 Å². The van der Waals surface area contributed by atoms with Crippen LogP contribution in [0.15, 0.2) is 29.8 Å². The van der Waals surface area contributed by atoms with Gasteiger partial charge >= 0.3 is 496 Å².